The minimum atomic E-state index is -0.293. The Hall–Kier alpha value is -2.69. The second-order valence-electron chi connectivity index (χ2n) is 4.87. The molecule has 0 spiro atoms. The average molecular weight is 316 g/mol. The van der Waals surface area contributed by atoms with Crippen LogP contribution < -0.4 is 14.2 Å². The standard InChI is InChI=1S/C18H20O5/c1-20-15-7-4-13(5-8-15)12-23-16-9-6-14(10-17(16)21-2)11-18(19)22-3/h4-10H,11-12H2,1-3H3. The van der Waals surface area contributed by atoms with Gasteiger partial charge in [0.2, 0.25) is 0 Å². The van der Waals surface area contributed by atoms with Crippen LogP contribution in [0.1, 0.15) is 11.1 Å². The zero-order chi connectivity index (χ0) is 16.7. The molecule has 0 atom stereocenters. The smallest absolute Gasteiger partial charge is 0.309 e. The summed E-state index contributed by atoms with van der Waals surface area (Å²) >= 11 is 0. The fraction of sp³-hybridized carbons (Fsp3) is 0.278. The fourth-order valence-corrected chi connectivity index (χ4v) is 2.06. The van der Waals surface area contributed by atoms with E-state index in [0.717, 1.165) is 16.9 Å². The van der Waals surface area contributed by atoms with Crippen LogP contribution in [-0.4, -0.2) is 27.3 Å². The molecule has 5 heteroatoms. The predicted molar refractivity (Wildman–Crippen MR) is 86.0 cm³/mol. The van der Waals surface area contributed by atoms with Crippen LogP contribution in [0.5, 0.6) is 17.2 Å². The molecule has 0 radical (unpaired) electrons. The van der Waals surface area contributed by atoms with Gasteiger partial charge in [-0.05, 0) is 35.4 Å². The summed E-state index contributed by atoms with van der Waals surface area (Å²) in [5.41, 5.74) is 1.83. The number of benzene rings is 2. The van der Waals surface area contributed by atoms with Crippen molar-refractivity contribution in [2.24, 2.45) is 0 Å². The molecule has 2 aromatic rings. The van der Waals surface area contributed by atoms with E-state index in [2.05, 4.69) is 4.74 Å². The Morgan fingerprint density at radius 3 is 2.17 bits per heavy atom. The first-order chi connectivity index (χ1) is 11.2. The summed E-state index contributed by atoms with van der Waals surface area (Å²) in [4.78, 5) is 11.3. The summed E-state index contributed by atoms with van der Waals surface area (Å²) in [7, 11) is 4.57. The lowest BCUT2D eigenvalue weighted by atomic mass is 10.1. The van der Waals surface area contributed by atoms with E-state index in [1.54, 1.807) is 26.4 Å². The number of rotatable bonds is 7. The third-order valence-electron chi connectivity index (χ3n) is 3.36. The van der Waals surface area contributed by atoms with Crippen molar-refractivity contribution in [3.05, 3.63) is 53.6 Å². The molecule has 0 aromatic heterocycles. The Morgan fingerprint density at radius 1 is 0.870 bits per heavy atom. The third kappa shape index (κ3) is 4.64. The molecule has 0 N–H and O–H groups in total. The summed E-state index contributed by atoms with van der Waals surface area (Å²) in [6, 6.07) is 13.0. The minimum Gasteiger partial charge on any atom is -0.497 e. The minimum absolute atomic E-state index is 0.200. The van der Waals surface area contributed by atoms with E-state index in [4.69, 9.17) is 14.2 Å². The highest BCUT2D eigenvalue weighted by Crippen LogP contribution is 2.29. The molecule has 122 valence electrons. The number of carbonyl (C=O) groups is 1. The number of esters is 1. The fourth-order valence-electron chi connectivity index (χ4n) is 2.06. The first-order valence-corrected chi connectivity index (χ1v) is 7.15. The lowest BCUT2D eigenvalue weighted by Crippen LogP contribution is -2.05. The van der Waals surface area contributed by atoms with Gasteiger partial charge in [-0.3, -0.25) is 4.79 Å². The first-order valence-electron chi connectivity index (χ1n) is 7.15. The molecule has 0 saturated heterocycles. The molecule has 0 bridgehead atoms. The Morgan fingerprint density at radius 2 is 1.57 bits per heavy atom. The second kappa shape index (κ2) is 8.08. The molecule has 0 aliphatic carbocycles. The van der Waals surface area contributed by atoms with Gasteiger partial charge in [-0.1, -0.05) is 18.2 Å². The van der Waals surface area contributed by atoms with Crippen LogP contribution >= 0.6 is 0 Å². The van der Waals surface area contributed by atoms with Gasteiger partial charge in [0, 0.05) is 0 Å². The number of carbonyl (C=O) groups excluding carboxylic acids is 1. The van der Waals surface area contributed by atoms with Gasteiger partial charge in [-0.25, -0.2) is 0 Å². The number of hydrogen-bond acceptors (Lipinski definition) is 5. The lowest BCUT2D eigenvalue weighted by Gasteiger charge is -2.12. The zero-order valence-corrected chi connectivity index (χ0v) is 13.5. The molecule has 0 fully saturated rings. The van der Waals surface area contributed by atoms with Gasteiger partial charge in [0.15, 0.2) is 11.5 Å². The van der Waals surface area contributed by atoms with Gasteiger partial charge in [-0.15, -0.1) is 0 Å². The normalized spacial score (nSPS) is 10.0. The average Bonchev–Trinajstić information content (AvgIpc) is 2.60. The summed E-state index contributed by atoms with van der Waals surface area (Å²) in [5.74, 6) is 1.72. The molecule has 0 amide bonds. The van der Waals surface area contributed by atoms with Crippen molar-refractivity contribution in [1.29, 1.82) is 0 Å². The molecule has 0 aliphatic rings. The molecule has 0 saturated carbocycles. The van der Waals surface area contributed by atoms with E-state index in [-0.39, 0.29) is 12.4 Å². The van der Waals surface area contributed by atoms with Crippen LogP contribution in [0, 0.1) is 0 Å². The summed E-state index contributed by atoms with van der Waals surface area (Å²) < 4.78 is 20.9. The van der Waals surface area contributed by atoms with E-state index in [9.17, 15) is 4.79 Å². The van der Waals surface area contributed by atoms with Crippen LogP contribution in [0.4, 0.5) is 0 Å². The summed E-state index contributed by atoms with van der Waals surface area (Å²) in [6.45, 7) is 0.413. The van der Waals surface area contributed by atoms with Crippen molar-refractivity contribution < 1.29 is 23.7 Å². The van der Waals surface area contributed by atoms with E-state index in [1.807, 2.05) is 30.3 Å². The van der Waals surface area contributed by atoms with E-state index in [0.29, 0.717) is 18.1 Å². The van der Waals surface area contributed by atoms with Gasteiger partial charge in [0.1, 0.15) is 12.4 Å². The molecule has 5 nitrogen and oxygen atoms in total. The maximum atomic E-state index is 11.3. The Labute approximate surface area is 135 Å². The van der Waals surface area contributed by atoms with Crippen molar-refractivity contribution in [2.75, 3.05) is 21.3 Å². The lowest BCUT2D eigenvalue weighted by molar-refractivity contribution is -0.139. The quantitative estimate of drug-likeness (QED) is 0.735. The maximum absolute atomic E-state index is 11.3. The third-order valence-corrected chi connectivity index (χ3v) is 3.36. The largest absolute Gasteiger partial charge is 0.497 e. The summed E-state index contributed by atoms with van der Waals surface area (Å²) in [5, 5.41) is 0. The van der Waals surface area contributed by atoms with E-state index < -0.39 is 0 Å². The molecular weight excluding hydrogens is 296 g/mol. The molecule has 2 aromatic carbocycles. The van der Waals surface area contributed by atoms with Crippen LogP contribution in [0.15, 0.2) is 42.5 Å². The van der Waals surface area contributed by atoms with Crippen molar-refractivity contribution in [3.63, 3.8) is 0 Å². The van der Waals surface area contributed by atoms with Crippen LogP contribution in [-0.2, 0) is 22.6 Å². The molecular formula is C18H20O5. The van der Waals surface area contributed by atoms with Crippen molar-refractivity contribution in [1.82, 2.24) is 0 Å². The Bertz CT molecular complexity index is 649. The van der Waals surface area contributed by atoms with Gasteiger partial charge in [-0.2, -0.15) is 0 Å². The molecule has 23 heavy (non-hydrogen) atoms. The highest BCUT2D eigenvalue weighted by atomic mass is 16.5. The molecule has 0 aliphatic heterocycles. The van der Waals surface area contributed by atoms with E-state index in [1.165, 1.54) is 7.11 Å². The van der Waals surface area contributed by atoms with Crippen LogP contribution in [0.3, 0.4) is 0 Å². The summed E-state index contributed by atoms with van der Waals surface area (Å²) in [6.07, 6.45) is 0.200. The maximum Gasteiger partial charge on any atom is 0.309 e. The Balaban J connectivity index is 2.05. The van der Waals surface area contributed by atoms with Crippen molar-refractivity contribution in [2.45, 2.75) is 13.0 Å². The monoisotopic (exact) mass is 316 g/mol. The highest BCUT2D eigenvalue weighted by molar-refractivity contribution is 5.72. The molecule has 2 rings (SSSR count). The number of hydrogen-bond donors (Lipinski definition) is 0. The Kier molecular flexibility index (Phi) is 5.86. The number of ether oxygens (including phenoxy) is 4. The first kappa shape index (κ1) is 16.7. The molecule has 0 heterocycles. The van der Waals surface area contributed by atoms with Crippen LogP contribution in [0.2, 0.25) is 0 Å². The number of methoxy groups -OCH3 is 3. The van der Waals surface area contributed by atoms with Gasteiger partial charge >= 0.3 is 5.97 Å². The topological polar surface area (TPSA) is 54.0 Å². The van der Waals surface area contributed by atoms with Crippen molar-refractivity contribution in [3.8, 4) is 17.2 Å². The second-order valence-corrected chi connectivity index (χ2v) is 4.87. The van der Waals surface area contributed by atoms with Gasteiger partial charge in [0.25, 0.3) is 0 Å². The highest BCUT2D eigenvalue weighted by Gasteiger charge is 2.09. The molecule has 0 unspecified atom stereocenters. The van der Waals surface area contributed by atoms with Crippen LogP contribution in [0.25, 0.3) is 0 Å². The zero-order valence-electron chi connectivity index (χ0n) is 13.5. The van der Waals surface area contributed by atoms with Gasteiger partial charge in [0.05, 0.1) is 27.8 Å². The predicted octanol–water partition coefficient (Wildman–Crippen LogP) is 3.00. The van der Waals surface area contributed by atoms with Crippen molar-refractivity contribution >= 4 is 5.97 Å². The SMILES string of the molecule is COC(=O)Cc1ccc(OCc2ccc(OC)cc2)c(OC)c1. The van der Waals surface area contributed by atoms with Gasteiger partial charge < -0.3 is 18.9 Å². The van der Waals surface area contributed by atoms with E-state index >= 15 is 0 Å².